The number of nitrogens with one attached hydrogen (secondary N) is 2. The van der Waals surface area contributed by atoms with E-state index in [0.29, 0.717) is 22.7 Å². The Balaban J connectivity index is 1.18. The summed E-state index contributed by atoms with van der Waals surface area (Å²) >= 11 is 0. The van der Waals surface area contributed by atoms with Gasteiger partial charge in [0.25, 0.3) is 5.91 Å². The molecule has 3 aliphatic rings. The maximum absolute atomic E-state index is 13.5. The first kappa shape index (κ1) is 24.6. The lowest BCUT2D eigenvalue weighted by Gasteiger charge is -2.37. The molecule has 0 atom stereocenters. The molecule has 2 aliphatic carbocycles. The molecule has 2 saturated carbocycles. The second-order valence-corrected chi connectivity index (χ2v) is 10.7. The molecule has 0 spiro atoms. The first-order valence-corrected chi connectivity index (χ1v) is 13.5. The van der Waals surface area contributed by atoms with Crippen LogP contribution in [0.15, 0.2) is 72.8 Å². The van der Waals surface area contributed by atoms with Crippen molar-refractivity contribution in [3.8, 4) is 16.9 Å². The Morgan fingerprint density at radius 3 is 2.18 bits per heavy atom. The molecule has 1 saturated heterocycles. The molecule has 0 bridgehead atoms. The number of amides is 2. The molecule has 1 aliphatic heterocycles. The van der Waals surface area contributed by atoms with Crippen molar-refractivity contribution in [2.45, 2.75) is 37.3 Å². The molecule has 2 N–H and O–H groups in total. The molecule has 6 rings (SSSR count). The SMILES string of the molecule is CN1CCN(C2(C(=O)Nc3cc(C(=O)Nc4ccc(-c5ccccc5)cc4)ccc3OC3CC3)CC2)CC1. The smallest absolute Gasteiger partial charge is 0.255 e. The fourth-order valence-corrected chi connectivity index (χ4v) is 5.10. The molecule has 7 heteroatoms. The number of carbonyl (C=O) groups is 2. The predicted octanol–water partition coefficient (Wildman–Crippen LogP) is 4.87. The van der Waals surface area contributed by atoms with E-state index in [2.05, 4.69) is 39.6 Å². The summed E-state index contributed by atoms with van der Waals surface area (Å²) in [5.41, 5.74) is 3.52. The highest BCUT2D eigenvalue weighted by molar-refractivity contribution is 6.07. The van der Waals surface area contributed by atoms with E-state index in [1.807, 2.05) is 42.5 Å². The van der Waals surface area contributed by atoms with Gasteiger partial charge in [-0.1, -0.05) is 42.5 Å². The summed E-state index contributed by atoms with van der Waals surface area (Å²) in [4.78, 5) is 31.3. The fourth-order valence-electron chi connectivity index (χ4n) is 5.10. The van der Waals surface area contributed by atoms with E-state index in [1.165, 1.54) is 0 Å². The van der Waals surface area contributed by atoms with E-state index < -0.39 is 5.54 Å². The van der Waals surface area contributed by atoms with Crippen LogP contribution in [0.3, 0.4) is 0 Å². The summed E-state index contributed by atoms with van der Waals surface area (Å²) in [6, 6.07) is 23.2. The maximum Gasteiger partial charge on any atom is 0.255 e. The normalized spacial score (nSPS) is 19.0. The Morgan fingerprint density at radius 1 is 0.842 bits per heavy atom. The van der Waals surface area contributed by atoms with Crippen molar-refractivity contribution < 1.29 is 14.3 Å². The predicted molar refractivity (Wildman–Crippen MR) is 150 cm³/mol. The van der Waals surface area contributed by atoms with Gasteiger partial charge in [-0.25, -0.2) is 0 Å². The zero-order valence-corrected chi connectivity index (χ0v) is 21.8. The van der Waals surface area contributed by atoms with Crippen LogP contribution in [0, 0.1) is 0 Å². The van der Waals surface area contributed by atoms with Crippen molar-refractivity contribution in [1.82, 2.24) is 9.80 Å². The average Bonchev–Trinajstić information content (AvgIpc) is 3.87. The van der Waals surface area contributed by atoms with Crippen LogP contribution >= 0.6 is 0 Å². The second kappa shape index (κ2) is 10.2. The van der Waals surface area contributed by atoms with Gasteiger partial charge in [-0.2, -0.15) is 0 Å². The van der Waals surface area contributed by atoms with Gasteiger partial charge in [-0.05, 0) is 74.2 Å². The van der Waals surface area contributed by atoms with Gasteiger partial charge in [0.15, 0.2) is 0 Å². The highest BCUT2D eigenvalue weighted by Gasteiger charge is 2.54. The maximum atomic E-state index is 13.5. The highest BCUT2D eigenvalue weighted by atomic mass is 16.5. The zero-order chi connectivity index (χ0) is 26.1. The van der Waals surface area contributed by atoms with Gasteiger partial charge in [-0.15, -0.1) is 0 Å². The zero-order valence-electron chi connectivity index (χ0n) is 21.8. The van der Waals surface area contributed by atoms with E-state index >= 15 is 0 Å². The van der Waals surface area contributed by atoms with Crippen molar-refractivity contribution in [3.05, 3.63) is 78.4 Å². The lowest BCUT2D eigenvalue weighted by Crippen LogP contribution is -2.54. The monoisotopic (exact) mass is 510 g/mol. The summed E-state index contributed by atoms with van der Waals surface area (Å²) in [5, 5.41) is 6.12. The van der Waals surface area contributed by atoms with Crippen LogP contribution in [0.4, 0.5) is 11.4 Å². The lowest BCUT2D eigenvalue weighted by atomic mass is 10.1. The van der Waals surface area contributed by atoms with E-state index in [-0.39, 0.29) is 17.9 Å². The van der Waals surface area contributed by atoms with Crippen molar-refractivity contribution in [1.29, 1.82) is 0 Å². The number of likely N-dealkylation sites (N-methyl/N-ethyl adjacent to an activating group) is 1. The number of rotatable bonds is 8. The summed E-state index contributed by atoms with van der Waals surface area (Å²) in [5.74, 6) is 0.390. The number of hydrogen-bond donors (Lipinski definition) is 2. The van der Waals surface area contributed by atoms with Crippen molar-refractivity contribution >= 4 is 23.2 Å². The number of carbonyl (C=O) groups excluding carboxylic acids is 2. The van der Waals surface area contributed by atoms with E-state index in [4.69, 9.17) is 4.74 Å². The first-order valence-electron chi connectivity index (χ1n) is 13.5. The molecule has 2 amide bonds. The largest absolute Gasteiger partial charge is 0.488 e. The minimum atomic E-state index is -0.448. The minimum Gasteiger partial charge on any atom is -0.488 e. The van der Waals surface area contributed by atoms with Gasteiger partial charge in [0.1, 0.15) is 11.3 Å². The minimum absolute atomic E-state index is 0.00300. The van der Waals surface area contributed by atoms with Crippen LogP contribution in [0.1, 0.15) is 36.0 Å². The Morgan fingerprint density at radius 2 is 1.53 bits per heavy atom. The molecule has 196 valence electrons. The second-order valence-electron chi connectivity index (χ2n) is 10.7. The Kier molecular flexibility index (Phi) is 6.64. The molecule has 38 heavy (non-hydrogen) atoms. The Labute approximate surface area is 223 Å². The third kappa shape index (κ3) is 5.30. The Hall–Kier alpha value is -3.68. The number of nitrogens with zero attached hydrogens (tertiary/aromatic N) is 2. The molecule has 0 aromatic heterocycles. The lowest BCUT2D eigenvalue weighted by molar-refractivity contribution is -0.123. The summed E-state index contributed by atoms with van der Waals surface area (Å²) in [6.07, 6.45) is 3.93. The average molecular weight is 511 g/mol. The molecule has 3 aromatic rings. The van der Waals surface area contributed by atoms with Crippen LogP contribution < -0.4 is 15.4 Å². The van der Waals surface area contributed by atoms with Crippen LogP contribution in [-0.2, 0) is 4.79 Å². The van der Waals surface area contributed by atoms with Gasteiger partial charge in [0, 0.05) is 37.4 Å². The van der Waals surface area contributed by atoms with E-state index in [0.717, 1.165) is 63.0 Å². The molecule has 3 aromatic carbocycles. The van der Waals surface area contributed by atoms with Crippen LogP contribution in [0.25, 0.3) is 11.1 Å². The van der Waals surface area contributed by atoms with Gasteiger partial charge in [-0.3, -0.25) is 14.5 Å². The molecule has 1 heterocycles. The quantitative estimate of drug-likeness (QED) is 0.453. The summed E-state index contributed by atoms with van der Waals surface area (Å²) in [6.45, 7) is 3.71. The van der Waals surface area contributed by atoms with Crippen LogP contribution in [0.5, 0.6) is 5.75 Å². The standard InChI is InChI=1S/C31H34N4O3/c1-34-17-19-35(20-18-34)31(15-16-31)30(37)33-27-21-24(9-14-28(27)38-26-12-13-26)29(36)32-25-10-7-23(8-11-25)22-5-3-2-4-6-22/h2-11,14,21,26H,12-13,15-20H2,1H3,(H,32,36)(H,33,37). The van der Waals surface area contributed by atoms with E-state index in [9.17, 15) is 9.59 Å². The van der Waals surface area contributed by atoms with Gasteiger partial charge < -0.3 is 20.3 Å². The number of anilines is 2. The van der Waals surface area contributed by atoms with E-state index in [1.54, 1.807) is 18.2 Å². The van der Waals surface area contributed by atoms with Crippen molar-refractivity contribution in [2.75, 3.05) is 43.9 Å². The molecule has 0 unspecified atom stereocenters. The molecule has 3 fully saturated rings. The molecular weight excluding hydrogens is 476 g/mol. The van der Waals surface area contributed by atoms with Gasteiger partial charge >= 0.3 is 0 Å². The highest BCUT2D eigenvalue weighted by Crippen LogP contribution is 2.44. The van der Waals surface area contributed by atoms with Crippen LogP contribution in [0.2, 0.25) is 0 Å². The molecule has 0 radical (unpaired) electrons. The third-order valence-corrected chi connectivity index (χ3v) is 7.81. The topological polar surface area (TPSA) is 73.9 Å². The van der Waals surface area contributed by atoms with Crippen LogP contribution in [-0.4, -0.2) is 66.5 Å². The Bertz CT molecular complexity index is 1310. The fraction of sp³-hybridized carbons (Fsp3) is 0.355. The first-order chi connectivity index (χ1) is 18.5. The number of ether oxygens (including phenoxy) is 1. The third-order valence-electron chi connectivity index (χ3n) is 7.81. The van der Waals surface area contributed by atoms with Crippen molar-refractivity contribution in [3.63, 3.8) is 0 Å². The van der Waals surface area contributed by atoms with Gasteiger partial charge in [0.05, 0.1) is 11.8 Å². The summed E-state index contributed by atoms with van der Waals surface area (Å²) < 4.78 is 6.09. The number of piperazine rings is 1. The molecule has 7 nitrogen and oxygen atoms in total. The number of benzene rings is 3. The number of hydrogen-bond acceptors (Lipinski definition) is 5. The van der Waals surface area contributed by atoms with Crippen molar-refractivity contribution in [2.24, 2.45) is 0 Å². The van der Waals surface area contributed by atoms with Gasteiger partial charge in [0.2, 0.25) is 5.91 Å². The molecular formula is C31H34N4O3. The summed E-state index contributed by atoms with van der Waals surface area (Å²) in [7, 11) is 2.12.